The van der Waals surface area contributed by atoms with Gasteiger partial charge in [0.1, 0.15) is 5.82 Å². The van der Waals surface area contributed by atoms with Crippen molar-refractivity contribution >= 4 is 50.1 Å². The van der Waals surface area contributed by atoms with Gasteiger partial charge in [0.05, 0.1) is 11.4 Å². The molecule has 1 heterocycles. The van der Waals surface area contributed by atoms with E-state index in [1.165, 1.54) is 12.1 Å². The maximum atomic E-state index is 13.8. The van der Waals surface area contributed by atoms with Gasteiger partial charge in [0.15, 0.2) is 0 Å². The average Bonchev–Trinajstić information content (AvgIpc) is 3.17. The van der Waals surface area contributed by atoms with E-state index in [1.54, 1.807) is 6.07 Å². The summed E-state index contributed by atoms with van der Waals surface area (Å²) in [5, 5.41) is 13.0. The Bertz CT molecular complexity index is 1160. The zero-order valence-electron chi connectivity index (χ0n) is 14.4. The zero-order valence-corrected chi connectivity index (χ0v) is 16.8. The molecule has 0 unspecified atom stereocenters. The number of halogens is 2. The summed E-state index contributed by atoms with van der Waals surface area (Å²) in [5.74, 6) is -0.467. The third-order valence-corrected chi connectivity index (χ3v) is 5.27. The lowest BCUT2D eigenvalue weighted by Crippen LogP contribution is -2.15. The first-order valence-corrected chi connectivity index (χ1v) is 10.1. The molecular formula is C20H13BrFN3O2S. The van der Waals surface area contributed by atoms with Gasteiger partial charge in [0.2, 0.25) is 11.8 Å². The molecule has 4 aromatic rings. The van der Waals surface area contributed by atoms with Gasteiger partial charge in [-0.15, -0.1) is 10.2 Å². The number of carbonyl (C=O) groups excluding carboxylic acids is 1. The summed E-state index contributed by atoms with van der Waals surface area (Å²) in [5.41, 5.74) is 0.953. The van der Waals surface area contributed by atoms with Gasteiger partial charge in [-0.3, -0.25) is 4.79 Å². The minimum Gasteiger partial charge on any atom is -0.411 e. The molecule has 0 spiro atoms. The van der Waals surface area contributed by atoms with Gasteiger partial charge in [0.25, 0.3) is 5.22 Å². The van der Waals surface area contributed by atoms with Gasteiger partial charge in [0, 0.05) is 10.0 Å². The van der Waals surface area contributed by atoms with Crippen molar-refractivity contribution in [3.63, 3.8) is 0 Å². The minimum absolute atomic E-state index is 0.0205. The summed E-state index contributed by atoms with van der Waals surface area (Å²) >= 11 is 4.27. The molecule has 0 saturated heterocycles. The Labute approximate surface area is 172 Å². The topological polar surface area (TPSA) is 68.0 Å². The molecule has 140 valence electrons. The van der Waals surface area contributed by atoms with Crippen LogP contribution in [0.15, 0.2) is 74.8 Å². The number of hydrogen-bond donors (Lipinski definition) is 1. The summed E-state index contributed by atoms with van der Waals surface area (Å²) in [7, 11) is 0. The van der Waals surface area contributed by atoms with E-state index >= 15 is 0 Å². The Hall–Kier alpha value is -2.71. The largest absolute Gasteiger partial charge is 0.411 e. The maximum Gasteiger partial charge on any atom is 0.277 e. The first-order valence-electron chi connectivity index (χ1n) is 8.29. The lowest BCUT2D eigenvalue weighted by molar-refractivity contribution is -0.113. The van der Waals surface area contributed by atoms with Crippen molar-refractivity contribution in [1.82, 2.24) is 10.2 Å². The van der Waals surface area contributed by atoms with Crippen molar-refractivity contribution in [2.75, 3.05) is 11.1 Å². The highest BCUT2D eigenvalue weighted by Crippen LogP contribution is 2.29. The monoisotopic (exact) mass is 457 g/mol. The fourth-order valence-electron chi connectivity index (χ4n) is 2.69. The smallest absolute Gasteiger partial charge is 0.277 e. The second-order valence-electron chi connectivity index (χ2n) is 5.86. The summed E-state index contributed by atoms with van der Waals surface area (Å²) in [4.78, 5) is 12.1. The fourth-order valence-corrected chi connectivity index (χ4v) is 3.59. The van der Waals surface area contributed by atoms with Gasteiger partial charge in [-0.05, 0) is 35.0 Å². The van der Waals surface area contributed by atoms with Crippen LogP contribution in [0.1, 0.15) is 0 Å². The third kappa shape index (κ3) is 4.07. The van der Waals surface area contributed by atoms with E-state index in [-0.39, 0.29) is 22.6 Å². The van der Waals surface area contributed by atoms with Crippen molar-refractivity contribution in [3.05, 3.63) is 71.0 Å². The number of rotatable bonds is 5. The number of hydrogen-bond acceptors (Lipinski definition) is 5. The first-order chi connectivity index (χ1) is 13.6. The van der Waals surface area contributed by atoms with E-state index in [9.17, 15) is 9.18 Å². The van der Waals surface area contributed by atoms with Crippen molar-refractivity contribution in [3.8, 4) is 11.5 Å². The van der Waals surface area contributed by atoms with Crippen LogP contribution in [0.25, 0.3) is 22.2 Å². The number of aromatic nitrogens is 2. The molecule has 5 nitrogen and oxygen atoms in total. The molecule has 28 heavy (non-hydrogen) atoms. The molecule has 8 heteroatoms. The molecule has 1 aromatic heterocycles. The van der Waals surface area contributed by atoms with E-state index in [0.29, 0.717) is 10.4 Å². The molecule has 4 rings (SSSR count). The Kier molecular flexibility index (Phi) is 5.40. The molecule has 0 aliphatic rings. The number of benzene rings is 3. The number of carbonyl (C=O) groups is 1. The average molecular weight is 458 g/mol. The van der Waals surface area contributed by atoms with E-state index in [2.05, 4.69) is 31.4 Å². The molecule has 0 aliphatic carbocycles. The van der Waals surface area contributed by atoms with Crippen molar-refractivity contribution < 1.29 is 13.6 Å². The van der Waals surface area contributed by atoms with Crippen LogP contribution >= 0.6 is 27.7 Å². The molecule has 3 aromatic carbocycles. The third-order valence-electron chi connectivity index (χ3n) is 3.96. The van der Waals surface area contributed by atoms with E-state index in [1.807, 2.05) is 42.5 Å². The van der Waals surface area contributed by atoms with Gasteiger partial charge >= 0.3 is 0 Å². The van der Waals surface area contributed by atoms with Crippen molar-refractivity contribution in [2.45, 2.75) is 5.22 Å². The number of fused-ring (bicyclic) bond motifs is 1. The van der Waals surface area contributed by atoms with Crippen LogP contribution in [0.5, 0.6) is 0 Å². The molecule has 0 fully saturated rings. The lowest BCUT2D eigenvalue weighted by Gasteiger charge is -2.05. The van der Waals surface area contributed by atoms with Crippen LogP contribution in [0.3, 0.4) is 0 Å². The Morgan fingerprint density at radius 2 is 1.93 bits per heavy atom. The highest BCUT2D eigenvalue weighted by Gasteiger charge is 2.14. The highest BCUT2D eigenvalue weighted by atomic mass is 79.9. The second-order valence-corrected chi connectivity index (χ2v) is 7.70. The van der Waals surface area contributed by atoms with Crippen LogP contribution in [0, 0.1) is 5.82 Å². The molecule has 1 N–H and O–H groups in total. The van der Waals surface area contributed by atoms with Gasteiger partial charge in [-0.25, -0.2) is 4.39 Å². The predicted molar refractivity (Wildman–Crippen MR) is 111 cm³/mol. The van der Waals surface area contributed by atoms with Crippen molar-refractivity contribution in [1.29, 1.82) is 0 Å². The van der Waals surface area contributed by atoms with Crippen LogP contribution < -0.4 is 5.32 Å². The molecule has 1 amide bonds. The maximum absolute atomic E-state index is 13.8. The molecule has 0 saturated carbocycles. The molecule has 0 bridgehead atoms. The molecular weight excluding hydrogens is 445 g/mol. The summed E-state index contributed by atoms with van der Waals surface area (Å²) < 4.78 is 20.1. The van der Waals surface area contributed by atoms with Crippen LogP contribution in [-0.2, 0) is 4.79 Å². The van der Waals surface area contributed by atoms with Crippen LogP contribution in [0.2, 0.25) is 0 Å². The molecule has 0 aliphatic heterocycles. The SMILES string of the molecule is O=C(CSc1nnc(-c2cccc3ccccc23)o1)Nc1ccc(Br)cc1F. The number of thioether (sulfide) groups is 1. The summed E-state index contributed by atoms with van der Waals surface area (Å²) in [6.45, 7) is 0. The Morgan fingerprint density at radius 1 is 1.11 bits per heavy atom. The van der Waals surface area contributed by atoms with E-state index in [0.717, 1.165) is 28.1 Å². The van der Waals surface area contributed by atoms with Gasteiger partial charge in [-0.1, -0.05) is 64.1 Å². The number of nitrogens with zero attached hydrogens (tertiary/aromatic N) is 2. The predicted octanol–water partition coefficient (Wildman–Crippen LogP) is 5.52. The van der Waals surface area contributed by atoms with Crippen LogP contribution in [-0.4, -0.2) is 21.9 Å². The zero-order chi connectivity index (χ0) is 19.5. The quantitative estimate of drug-likeness (QED) is 0.399. The van der Waals surface area contributed by atoms with E-state index < -0.39 is 5.82 Å². The number of anilines is 1. The van der Waals surface area contributed by atoms with Gasteiger partial charge < -0.3 is 9.73 Å². The summed E-state index contributed by atoms with van der Waals surface area (Å²) in [6.07, 6.45) is 0. The highest BCUT2D eigenvalue weighted by molar-refractivity contribution is 9.10. The molecule has 0 atom stereocenters. The standard InChI is InChI=1S/C20H13BrFN3O2S/c21-13-8-9-17(16(22)10-13)23-18(26)11-28-20-25-24-19(27-20)15-7-3-5-12-4-1-2-6-14(12)15/h1-10H,11H2,(H,23,26). The summed E-state index contributed by atoms with van der Waals surface area (Å²) in [6, 6.07) is 18.2. The Balaban J connectivity index is 1.44. The number of nitrogens with one attached hydrogen (secondary N) is 1. The minimum atomic E-state index is -0.510. The number of amides is 1. The lowest BCUT2D eigenvalue weighted by atomic mass is 10.0. The normalized spacial score (nSPS) is 10.9. The second kappa shape index (κ2) is 8.12. The van der Waals surface area contributed by atoms with Crippen LogP contribution in [0.4, 0.5) is 10.1 Å². The fraction of sp³-hybridized carbons (Fsp3) is 0.0500. The van der Waals surface area contributed by atoms with Crippen molar-refractivity contribution in [2.24, 2.45) is 0 Å². The first kappa shape index (κ1) is 18.6. The van der Waals surface area contributed by atoms with Gasteiger partial charge in [-0.2, -0.15) is 0 Å². The van der Waals surface area contributed by atoms with E-state index in [4.69, 9.17) is 4.42 Å². The Morgan fingerprint density at radius 3 is 2.79 bits per heavy atom. The molecule has 0 radical (unpaired) electrons.